The van der Waals surface area contributed by atoms with Gasteiger partial charge in [-0.15, -0.1) is 0 Å². The monoisotopic (exact) mass is 218 g/mol. The van der Waals surface area contributed by atoms with Crippen molar-refractivity contribution in [2.45, 2.75) is 0 Å². The van der Waals surface area contributed by atoms with Gasteiger partial charge in [0.15, 0.2) is 0 Å². The van der Waals surface area contributed by atoms with Gasteiger partial charge in [0.2, 0.25) is 0 Å². The van der Waals surface area contributed by atoms with E-state index in [9.17, 15) is 4.39 Å². The van der Waals surface area contributed by atoms with Gasteiger partial charge in [-0.25, -0.2) is 10.2 Å². The Bertz CT molecular complexity index is 484. The lowest BCUT2D eigenvalue weighted by Crippen LogP contribution is -2.25. The van der Waals surface area contributed by atoms with Gasteiger partial charge in [-0.2, -0.15) is 0 Å². The fourth-order valence-corrected chi connectivity index (χ4v) is 1.36. The second-order valence-electron chi connectivity index (χ2n) is 3.28. The normalized spacial score (nSPS) is 10.1. The number of hydrazine groups is 1. The number of halogens is 1. The second-order valence-corrected chi connectivity index (χ2v) is 3.28. The van der Waals surface area contributed by atoms with E-state index in [1.165, 1.54) is 23.3 Å². The molecule has 0 aliphatic carbocycles. The van der Waals surface area contributed by atoms with Crippen LogP contribution in [0.3, 0.4) is 0 Å². The SMILES string of the molecule is Nc1cnccc1N(N)c1ccc(F)cc1. The first-order chi connectivity index (χ1) is 7.68. The molecule has 0 unspecified atom stereocenters. The molecule has 0 radical (unpaired) electrons. The predicted molar refractivity (Wildman–Crippen MR) is 61.4 cm³/mol. The molecule has 1 aromatic heterocycles. The molecular formula is C11H11FN4. The second kappa shape index (κ2) is 4.16. The Morgan fingerprint density at radius 2 is 1.81 bits per heavy atom. The Hall–Kier alpha value is -2.14. The highest BCUT2D eigenvalue weighted by atomic mass is 19.1. The molecule has 16 heavy (non-hydrogen) atoms. The van der Waals surface area contributed by atoms with E-state index in [1.54, 1.807) is 24.4 Å². The third kappa shape index (κ3) is 1.94. The molecule has 0 aliphatic heterocycles. The summed E-state index contributed by atoms with van der Waals surface area (Å²) in [7, 11) is 0. The van der Waals surface area contributed by atoms with Gasteiger partial charge in [-0.05, 0) is 30.3 Å². The van der Waals surface area contributed by atoms with Crippen molar-refractivity contribution in [3.8, 4) is 0 Å². The Balaban J connectivity index is 2.35. The van der Waals surface area contributed by atoms with Crippen molar-refractivity contribution in [1.29, 1.82) is 0 Å². The van der Waals surface area contributed by atoms with Crippen LogP contribution in [0.2, 0.25) is 0 Å². The molecule has 0 spiro atoms. The Morgan fingerprint density at radius 1 is 1.12 bits per heavy atom. The van der Waals surface area contributed by atoms with Gasteiger partial charge in [0.05, 0.1) is 23.3 Å². The summed E-state index contributed by atoms with van der Waals surface area (Å²) >= 11 is 0. The first-order valence-electron chi connectivity index (χ1n) is 4.68. The number of nitrogen functional groups attached to an aromatic ring is 1. The van der Waals surface area contributed by atoms with Gasteiger partial charge in [-0.3, -0.25) is 9.99 Å². The summed E-state index contributed by atoms with van der Waals surface area (Å²) in [6.45, 7) is 0. The van der Waals surface area contributed by atoms with Crippen LogP contribution in [0, 0.1) is 5.82 Å². The maximum atomic E-state index is 12.7. The van der Waals surface area contributed by atoms with E-state index in [-0.39, 0.29) is 5.82 Å². The highest BCUT2D eigenvalue weighted by Crippen LogP contribution is 2.26. The number of benzene rings is 1. The average Bonchev–Trinajstić information content (AvgIpc) is 2.30. The van der Waals surface area contributed by atoms with Crippen LogP contribution in [0.25, 0.3) is 0 Å². The zero-order valence-electron chi connectivity index (χ0n) is 8.47. The number of anilines is 3. The molecule has 0 saturated heterocycles. The van der Waals surface area contributed by atoms with Gasteiger partial charge in [-0.1, -0.05) is 0 Å². The van der Waals surface area contributed by atoms with E-state index in [1.807, 2.05) is 0 Å². The molecule has 0 saturated carbocycles. The van der Waals surface area contributed by atoms with Crippen molar-refractivity contribution in [3.63, 3.8) is 0 Å². The van der Waals surface area contributed by atoms with Crippen LogP contribution in [0.15, 0.2) is 42.7 Å². The molecule has 1 aromatic carbocycles. The zero-order valence-corrected chi connectivity index (χ0v) is 8.47. The van der Waals surface area contributed by atoms with Gasteiger partial charge >= 0.3 is 0 Å². The molecule has 2 rings (SSSR count). The molecule has 5 heteroatoms. The largest absolute Gasteiger partial charge is 0.396 e. The summed E-state index contributed by atoms with van der Waals surface area (Å²) in [5.74, 6) is 5.56. The average molecular weight is 218 g/mol. The molecule has 0 amide bonds. The van der Waals surface area contributed by atoms with Crippen molar-refractivity contribution in [2.75, 3.05) is 10.7 Å². The minimum absolute atomic E-state index is 0.306. The molecule has 1 heterocycles. The lowest BCUT2D eigenvalue weighted by molar-refractivity contribution is 0.628. The molecular weight excluding hydrogens is 207 g/mol. The van der Waals surface area contributed by atoms with Crippen molar-refractivity contribution in [2.24, 2.45) is 5.84 Å². The van der Waals surface area contributed by atoms with E-state index in [4.69, 9.17) is 11.6 Å². The lowest BCUT2D eigenvalue weighted by Gasteiger charge is -2.19. The molecule has 0 fully saturated rings. The number of hydrogen-bond acceptors (Lipinski definition) is 4. The first kappa shape index (κ1) is 10.4. The summed E-state index contributed by atoms with van der Waals surface area (Å²) in [4.78, 5) is 3.87. The van der Waals surface area contributed by atoms with Crippen LogP contribution < -0.4 is 16.6 Å². The first-order valence-corrected chi connectivity index (χ1v) is 4.68. The van der Waals surface area contributed by atoms with Crippen molar-refractivity contribution >= 4 is 17.1 Å². The van der Waals surface area contributed by atoms with Gasteiger partial charge in [0.25, 0.3) is 0 Å². The molecule has 4 N–H and O–H groups in total. The number of nitrogens with zero attached hydrogens (tertiary/aromatic N) is 2. The van der Waals surface area contributed by atoms with Crippen LogP contribution in [0.1, 0.15) is 0 Å². The van der Waals surface area contributed by atoms with Crippen molar-refractivity contribution < 1.29 is 4.39 Å². The molecule has 0 aliphatic rings. The highest BCUT2D eigenvalue weighted by molar-refractivity contribution is 5.72. The summed E-state index contributed by atoms with van der Waals surface area (Å²) in [6.07, 6.45) is 3.10. The Kier molecular flexibility index (Phi) is 2.70. The van der Waals surface area contributed by atoms with Crippen LogP contribution in [-0.4, -0.2) is 4.98 Å². The zero-order chi connectivity index (χ0) is 11.5. The van der Waals surface area contributed by atoms with E-state index < -0.39 is 0 Å². The van der Waals surface area contributed by atoms with E-state index in [2.05, 4.69) is 4.98 Å². The number of pyridine rings is 1. The van der Waals surface area contributed by atoms with Gasteiger partial charge in [0.1, 0.15) is 5.82 Å². The van der Waals surface area contributed by atoms with Crippen molar-refractivity contribution in [3.05, 3.63) is 48.5 Å². The summed E-state index contributed by atoms with van der Waals surface area (Å²) in [5, 5.41) is 1.39. The Labute approximate surface area is 92.3 Å². The lowest BCUT2D eigenvalue weighted by atomic mass is 10.2. The fraction of sp³-hybridized carbons (Fsp3) is 0. The minimum atomic E-state index is -0.306. The molecule has 82 valence electrons. The van der Waals surface area contributed by atoms with Crippen LogP contribution in [0.5, 0.6) is 0 Å². The van der Waals surface area contributed by atoms with Crippen molar-refractivity contribution in [1.82, 2.24) is 4.98 Å². The highest BCUT2D eigenvalue weighted by Gasteiger charge is 2.07. The number of rotatable bonds is 2. The van der Waals surface area contributed by atoms with E-state index in [0.29, 0.717) is 17.1 Å². The fourth-order valence-electron chi connectivity index (χ4n) is 1.36. The quantitative estimate of drug-likeness (QED) is 0.596. The van der Waals surface area contributed by atoms with E-state index in [0.717, 1.165) is 0 Å². The third-order valence-corrected chi connectivity index (χ3v) is 2.19. The summed E-state index contributed by atoms with van der Waals surface area (Å²) in [6, 6.07) is 7.53. The molecule has 0 atom stereocenters. The van der Waals surface area contributed by atoms with E-state index >= 15 is 0 Å². The molecule has 2 aromatic rings. The predicted octanol–water partition coefficient (Wildman–Crippen LogP) is 1.81. The maximum Gasteiger partial charge on any atom is 0.123 e. The number of hydrogen-bond donors (Lipinski definition) is 2. The van der Waals surface area contributed by atoms with Crippen LogP contribution in [-0.2, 0) is 0 Å². The van der Waals surface area contributed by atoms with Gasteiger partial charge < -0.3 is 5.73 Å². The third-order valence-electron chi connectivity index (χ3n) is 2.19. The van der Waals surface area contributed by atoms with Gasteiger partial charge in [0, 0.05) is 6.20 Å². The Morgan fingerprint density at radius 3 is 2.44 bits per heavy atom. The standard InChI is InChI=1S/C11H11FN4/c12-8-1-3-9(4-2-8)16(14)11-5-6-15-7-10(11)13/h1-7H,13-14H2. The van der Waals surface area contributed by atoms with Crippen LogP contribution >= 0.6 is 0 Å². The smallest absolute Gasteiger partial charge is 0.123 e. The topological polar surface area (TPSA) is 68.2 Å². The minimum Gasteiger partial charge on any atom is -0.396 e. The summed E-state index contributed by atoms with van der Waals surface area (Å²) < 4.78 is 12.7. The molecule has 0 bridgehead atoms. The summed E-state index contributed by atoms with van der Waals surface area (Å²) in [5.41, 5.74) is 7.48. The van der Waals surface area contributed by atoms with Crippen LogP contribution in [0.4, 0.5) is 21.5 Å². The molecule has 4 nitrogen and oxygen atoms in total. The number of nitrogens with two attached hydrogens (primary N) is 2. The number of aromatic nitrogens is 1. The maximum absolute atomic E-state index is 12.7.